The van der Waals surface area contributed by atoms with Crippen molar-refractivity contribution in [2.45, 2.75) is 26.7 Å². The van der Waals surface area contributed by atoms with Gasteiger partial charge in [-0.2, -0.15) is 0 Å². The molecule has 4 nitrogen and oxygen atoms in total. The van der Waals surface area contributed by atoms with Crippen molar-refractivity contribution in [3.8, 4) is 11.5 Å². The Morgan fingerprint density at radius 1 is 1.25 bits per heavy atom. The maximum atomic E-state index is 14.2. The van der Waals surface area contributed by atoms with Crippen molar-refractivity contribution in [3.05, 3.63) is 53.3 Å². The summed E-state index contributed by atoms with van der Waals surface area (Å²) in [5.74, 6) is -0.397. The summed E-state index contributed by atoms with van der Waals surface area (Å²) in [6, 6.07) is 10.0. The molecule has 2 rings (SSSR count). The van der Waals surface area contributed by atoms with Crippen molar-refractivity contribution < 1.29 is 18.7 Å². The molecule has 1 N–H and O–H groups in total. The van der Waals surface area contributed by atoms with Gasteiger partial charge in [0.2, 0.25) is 0 Å². The van der Waals surface area contributed by atoms with E-state index in [1.54, 1.807) is 38.2 Å². The molecule has 0 aliphatic carbocycles. The predicted molar refractivity (Wildman–Crippen MR) is 92.5 cm³/mol. The highest BCUT2D eigenvalue weighted by Crippen LogP contribution is 2.34. The van der Waals surface area contributed by atoms with Gasteiger partial charge in [0.05, 0.1) is 12.3 Å². The van der Waals surface area contributed by atoms with Crippen LogP contribution in [0.4, 0.5) is 10.1 Å². The van der Waals surface area contributed by atoms with Crippen molar-refractivity contribution in [3.63, 3.8) is 0 Å². The first-order chi connectivity index (χ1) is 11.6. The zero-order valence-electron chi connectivity index (χ0n) is 14.2. The number of carbonyl (C=O) groups excluding carboxylic acids is 1. The molecule has 0 saturated heterocycles. The number of halogens is 1. The second-order valence-electron chi connectivity index (χ2n) is 5.39. The minimum atomic E-state index is -0.638. The van der Waals surface area contributed by atoms with E-state index in [0.717, 1.165) is 12.8 Å². The second kappa shape index (κ2) is 8.34. The third kappa shape index (κ3) is 4.04. The molecule has 0 bridgehead atoms. The summed E-state index contributed by atoms with van der Waals surface area (Å²) in [5, 5.41) is 2.88. The first-order valence-electron chi connectivity index (χ1n) is 7.99. The third-order valence-corrected chi connectivity index (χ3v) is 3.65. The standard InChI is InChI=1S/C19H22FNO3/c1-4-5-11-23-18-16(21-3)12-15(20)13(2)17(18)19(22)24-14-9-7-6-8-10-14/h6-10,12,21H,4-5,11H2,1-3H3. The molecule has 0 heterocycles. The van der Waals surface area contributed by atoms with Gasteiger partial charge in [-0.1, -0.05) is 31.5 Å². The number of ether oxygens (including phenoxy) is 2. The van der Waals surface area contributed by atoms with Crippen LogP contribution in [-0.2, 0) is 0 Å². The molecule has 0 radical (unpaired) electrons. The van der Waals surface area contributed by atoms with E-state index in [-0.39, 0.29) is 11.1 Å². The topological polar surface area (TPSA) is 47.6 Å². The van der Waals surface area contributed by atoms with Gasteiger partial charge in [0.25, 0.3) is 0 Å². The maximum Gasteiger partial charge on any atom is 0.347 e. The number of benzene rings is 2. The Morgan fingerprint density at radius 3 is 2.58 bits per heavy atom. The summed E-state index contributed by atoms with van der Waals surface area (Å²) in [5.41, 5.74) is 0.745. The van der Waals surface area contributed by atoms with E-state index in [1.165, 1.54) is 6.07 Å². The lowest BCUT2D eigenvalue weighted by Crippen LogP contribution is -2.15. The van der Waals surface area contributed by atoms with E-state index in [4.69, 9.17) is 9.47 Å². The Morgan fingerprint density at radius 2 is 1.96 bits per heavy atom. The fourth-order valence-electron chi connectivity index (χ4n) is 2.27. The summed E-state index contributed by atoms with van der Waals surface area (Å²) in [7, 11) is 1.66. The van der Waals surface area contributed by atoms with Gasteiger partial charge in [-0.05, 0) is 25.5 Å². The highest BCUT2D eigenvalue weighted by molar-refractivity contribution is 5.97. The number of rotatable bonds is 7. The molecule has 128 valence electrons. The van der Waals surface area contributed by atoms with Crippen LogP contribution in [0.2, 0.25) is 0 Å². The molecule has 2 aromatic rings. The molecule has 0 fully saturated rings. The van der Waals surface area contributed by atoms with Gasteiger partial charge >= 0.3 is 5.97 Å². The molecule has 0 aromatic heterocycles. The van der Waals surface area contributed by atoms with E-state index >= 15 is 0 Å². The Hall–Kier alpha value is -2.56. The monoisotopic (exact) mass is 331 g/mol. The van der Waals surface area contributed by atoms with Gasteiger partial charge in [-0.3, -0.25) is 0 Å². The number of anilines is 1. The normalized spacial score (nSPS) is 10.3. The van der Waals surface area contributed by atoms with Crippen LogP contribution in [0, 0.1) is 12.7 Å². The Kier molecular flexibility index (Phi) is 6.18. The number of hydrogen-bond donors (Lipinski definition) is 1. The Bertz CT molecular complexity index is 702. The van der Waals surface area contributed by atoms with E-state index in [0.29, 0.717) is 23.8 Å². The number of carbonyl (C=O) groups is 1. The fraction of sp³-hybridized carbons (Fsp3) is 0.316. The minimum Gasteiger partial charge on any atom is -0.490 e. The molecule has 0 atom stereocenters. The summed E-state index contributed by atoms with van der Waals surface area (Å²) in [6.45, 7) is 4.04. The highest BCUT2D eigenvalue weighted by Gasteiger charge is 2.24. The van der Waals surface area contributed by atoms with Gasteiger partial charge in [0, 0.05) is 18.7 Å². The quantitative estimate of drug-likeness (QED) is 0.458. The van der Waals surface area contributed by atoms with Crippen molar-refractivity contribution in [1.82, 2.24) is 0 Å². The zero-order chi connectivity index (χ0) is 17.5. The first kappa shape index (κ1) is 17.8. The smallest absolute Gasteiger partial charge is 0.347 e. The molecular weight excluding hydrogens is 309 g/mol. The zero-order valence-corrected chi connectivity index (χ0v) is 14.2. The maximum absolute atomic E-state index is 14.2. The van der Waals surface area contributed by atoms with Crippen LogP contribution < -0.4 is 14.8 Å². The lowest BCUT2D eigenvalue weighted by atomic mass is 10.1. The second-order valence-corrected chi connectivity index (χ2v) is 5.39. The van der Waals surface area contributed by atoms with E-state index in [1.807, 2.05) is 13.0 Å². The average Bonchev–Trinajstić information content (AvgIpc) is 2.58. The van der Waals surface area contributed by atoms with Crippen molar-refractivity contribution >= 4 is 11.7 Å². The van der Waals surface area contributed by atoms with E-state index in [2.05, 4.69) is 5.32 Å². The number of para-hydroxylation sites is 1. The molecule has 0 aliphatic heterocycles. The lowest BCUT2D eigenvalue weighted by molar-refractivity contribution is 0.0728. The molecule has 0 saturated carbocycles. The van der Waals surface area contributed by atoms with Crippen LogP contribution in [0.15, 0.2) is 36.4 Å². The lowest BCUT2D eigenvalue weighted by Gasteiger charge is -2.17. The van der Waals surface area contributed by atoms with Gasteiger partial charge in [-0.15, -0.1) is 0 Å². The van der Waals surface area contributed by atoms with Gasteiger partial charge in [0.1, 0.15) is 17.1 Å². The molecule has 5 heteroatoms. The minimum absolute atomic E-state index is 0.110. The van der Waals surface area contributed by atoms with Crippen LogP contribution in [0.3, 0.4) is 0 Å². The molecule has 0 unspecified atom stereocenters. The van der Waals surface area contributed by atoms with Crippen LogP contribution in [0.5, 0.6) is 11.5 Å². The van der Waals surface area contributed by atoms with E-state index in [9.17, 15) is 9.18 Å². The van der Waals surface area contributed by atoms with Crippen molar-refractivity contribution in [2.75, 3.05) is 19.0 Å². The predicted octanol–water partition coefficient (Wildman–Crippen LogP) is 4.57. The Balaban J connectivity index is 2.41. The van der Waals surface area contributed by atoms with E-state index < -0.39 is 11.8 Å². The van der Waals surface area contributed by atoms with Crippen molar-refractivity contribution in [1.29, 1.82) is 0 Å². The van der Waals surface area contributed by atoms with Crippen LogP contribution >= 0.6 is 0 Å². The number of nitrogens with one attached hydrogen (secondary N) is 1. The van der Waals surface area contributed by atoms with Crippen molar-refractivity contribution in [2.24, 2.45) is 0 Å². The largest absolute Gasteiger partial charge is 0.490 e. The molecule has 24 heavy (non-hydrogen) atoms. The van der Waals surface area contributed by atoms with Gasteiger partial charge < -0.3 is 14.8 Å². The molecular formula is C19H22FNO3. The fourth-order valence-corrected chi connectivity index (χ4v) is 2.27. The molecule has 0 amide bonds. The third-order valence-electron chi connectivity index (χ3n) is 3.65. The molecule has 0 aliphatic rings. The summed E-state index contributed by atoms with van der Waals surface area (Å²) >= 11 is 0. The van der Waals surface area contributed by atoms with Gasteiger partial charge in [-0.25, -0.2) is 9.18 Å². The number of unbranched alkanes of at least 4 members (excludes halogenated alkanes) is 1. The number of hydrogen-bond acceptors (Lipinski definition) is 4. The van der Waals surface area contributed by atoms with Crippen LogP contribution in [0.25, 0.3) is 0 Å². The van der Waals surface area contributed by atoms with Crippen LogP contribution in [0.1, 0.15) is 35.7 Å². The molecule has 0 spiro atoms. The van der Waals surface area contributed by atoms with Gasteiger partial charge in [0.15, 0.2) is 5.75 Å². The first-order valence-corrected chi connectivity index (χ1v) is 7.99. The summed E-state index contributed by atoms with van der Waals surface area (Å²) in [6.07, 6.45) is 1.80. The van der Waals surface area contributed by atoms with Crippen LogP contribution in [-0.4, -0.2) is 19.6 Å². The Labute approximate surface area is 141 Å². The number of esters is 1. The highest BCUT2D eigenvalue weighted by atomic mass is 19.1. The summed E-state index contributed by atoms with van der Waals surface area (Å²) in [4.78, 5) is 12.6. The SMILES string of the molecule is CCCCOc1c(NC)cc(F)c(C)c1C(=O)Oc1ccccc1. The molecule has 2 aromatic carbocycles. The summed E-state index contributed by atoms with van der Waals surface area (Å²) < 4.78 is 25.3. The average molecular weight is 331 g/mol.